The lowest BCUT2D eigenvalue weighted by Gasteiger charge is -2.37. The van der Waals surface area contributed by atoms with E-state index >= 15 is 0 Å². The van der Waals surface area contributed by atoms with Crippen molar-refractivity contribution in [2.75, 3.05) is 13.7 Å². The van der Waals surface area contributed by atoms with Crippen LogP contribution in [0.25, 0.3) is 0 Å². The quantitative estimate of drug-likeness (QED) is 0.756. The number of ether oxygens (including phenoxy) is 2. The van der Waals surface area contributed by atoms with Gasteiger partial charge in [0.25, 0.3) is 0 Å². The Hall–Kier alpha value is 0.0969. The van der Waals surface area contributed by atoms with Crippen molar-refractivity contribution >= 4 is 8.32 Å². The highest BCUT2D eigenvalue weighted by Gasteiger charge is 2.42. The highest BCUT2D eigenvalue weighted by atomic mass is 28.4. The Kier molecular flexibility index (Phi) is 3.98. The van der Waals surface area contributed by atoms with E-state index in [1.54, 1.807) is 7.11 Å². The van der Waals surface area contributed by atoms with Crippen molar-refractivity contribution in [3.63, 3.8) is 0 Å². The highest BCUT2D eigenvalue weighted by molar-refractivity contribution is 6.72. The zero-order chi connectivity index (χ0) is 11.7. The molecular formula is C11H24O3Si. The van der Waals surface area contributed by atoms with Gasteiger partial charge in [-0.15, -0.1) is 0 Å². The maximum Gasteiger partial charge on any atom is 0.188 e. The van der Waals surface area contributed by atoms with Gasteiger partial charge in [-0.2, -0.15) is 0 Å². The second-order valence-corrected chi connectivity index (χ2v) is 10.1. The number of rotatable bonds is 4. The molecule has 0 saturated carbocycles. The molecule has 0 aromatic carbocycles. The Morgan fingerprint density at radius 3 is 2.53 bits per heavy atom. The minimum atomic E-state index is -2.11. The zero-order valence-corrected chi connectivity index (χ0v) is 11.5. The average molecular weight is 232 g/mol. The van der Waals surface area contributed by atoms with Crippen LogP contribution in [0.3, 0.4) is 0 Å². The molecule has 1 N–H and O–H groups in total. The first-order valence-corrected chi connectivity index (χ1v) is 8.59. The van der Waals surface area contributed by atoms with Gasteiger partial charge in [-0.3, -0.25) is 0 Å². The lowest BCUT2D eigenvalue weighted by molar-refractivity contribution is -0.112. The number of methoxy groups -OCH3 is 1. The van der Waals surface area contributed by atoms with Crippen LogP contribution in [-0.4, -0.2) is 33.1 Å². The smallest absolute Gasteiger partial charge is 0.188 e. The second-order valence-electron chi connectivity index (χ2n) is 5.67. The maximum absolute atomic E-state index is 10.2. The van der Waals surface area contributed by atoms with Crippen molar-refractivity contribution < 1.29 is 14.3 Å². The maximum atomic E-state index is 10.2. The van der Waals surface area contributed by atoms with Gasteiger partial charge in [0.2, 0.25) is 0 Å². The molecule has 4 heteroatoms. The topological polar surface area (TPSA) is 38.7 Å². The van der Waals surface area contributed by atoms with Gasteiger partial charge in [-0.1, -0.05) is 13.8 Å². The third-order valence-electron chi connectivity index (χ3n) is 3.82. The van der Waals surface area contributed by atoms with E-state index in [0.717, 1.165) is 19.4 Å². The summed E-state index contributed by atoms with van der Waals surface area (Å²) >= 11 is 0. The van der Waals surface area contributed by atoms with E-state index in [9.17, 15) is 4.80 Å². The van der Waals surface area contributed by atoms with E-state index in [1.165, 1.54) is 0 Å². The van der Waals surface area contributed by atoms with Crippen LogP contribution in [-0.2, 0) is 9.47 Å². The Labute approximate surface area is 93.9 Å². The first kappa shape index (κ1) is 13.2. The summed E-state index contributed by atoms with van der Waals surface area (Å²) in [5.74, 6) is 0.434. The molecular weight excluding hydrogens is 208 g/mol. The molecule has 2 atom stereocenters. The van der Waals surface area contributed by atoms with Crippen LogP contribution in [0.2, 0.25) is 18.1 Å². The van der Waals surface area contributed by atoms with Crippen molar-refractivity contribution in [1.82, 2.24) is 0 Å². The van der Waals surface area contributed by atoms with Gasteiger partial charge in [0.05, 0.1) is 6.61 Å². The molecule has 0 spiro atoms. The fourth-order valence-corrected chi connectivity index (χ4v) is 2.73. The van der Waals surface area contributed by atoms with Crippen molar-refractivity contribution in [2.45, 2.75) is 51.1 Å². The minimum Gasteiger partial charge on any atom is -0.432 e. The lowest BCUT2D eigenvalue weighted by atomic mass is 9.94. The van der Waals surface area contributed by atoms with Crippen LogP contribution in [0, 0.1) is 5.92 Å². The lowest BCUT2D eigenvalue weighted by Crippen LogP contribution is -2.41. The predicted molar refractivity (Wildman–Crippen MR) is 63.2 cm³/mol. The van der Waals surface area contributed by atoms with Crippen LogP contribution in [0.5, 0.6) is 0 Å². The van der Waals surface area contributed by atoms with Gasteiger partial charge in [0.15, 0.2) is 14.6 Å². The summed E-state index contributed by atoms with van der Waals surface area (Å²) in [6.45, 7) is 9.11. The van der Waals surface area contributed by atoms with Gasteiger partial charge < -0.3 is 14.3 Å². The van der Waals surface area contributed by atoms with Gasteiger partial charge in [-0.25, -0.2) is 0 Å². The summed E-state index contributed by atoms with van der Waals surface area (Å²) in [4.78, 5) is 10.2. The Bertz CT molecular complexity index is 210. The van der Waals surface area contributed by atoms with E-state index in [0.29, 0.717) is 5.92 Å². The first-order valence-electron chi connectivity index (χ1n) is 5.65. The third kappa shape index (κ3) is 3.03. The van der Waals surface area contributed by atoms with Gasteiger partial charge in [0, 0.05) is 13.0 Å². The molecule has 1 aliphatic heterocycles. The van der Waals surface area contributed by atoms with E-state index < -0.39 is 8.32 Å². The van der Waals surface area contributed by atoms with E-state index in [2.05, 4.69) is 13.8 Å². The second kappa shape index (κ2) is 4.53. The Morgan fingerprint density at radius 1 is 1.47 bits per heavy atom. The van der Waals surface area contributed by atoms with Crippen molar-refractivity contribution in [2.24, 2.45) is 5.92 Å². The SMILES string of the molecule is COC1OCC[C@H]1CC(C)(C)[Si](C)(C)O. The van der Waals surface area contributed by atoms with E-state index in [4.69, 9.17) is 9.47 Å². The molecule has 0 bridgehead atoms. The van der Waals surface area contributed by atoms with Crippen LogP contribution >= 0.6 is 0 Å². The molecule has 15 heavy (non-hydrogen) atoms. The monoisotopic (exact) mass is 232 g/mol. The van der Waals surface area contributed by atoms with Crippen molar-refractivity contribution in [1.29, 1.82) is 0 Å². The fraction of sp³-hybridized carbons (Fsp3) is 1.00. The zero-order valence-electron chi connectivity index (χ0n) is 10.5. The molecule has 3 nitrogen and oxygen atoms in total. The molecule has 1 fully saturated rings. The minimum absolute atomic E-state index is 0.0160. The fourth-order valence-electron chi connectivity index (χ4n) is 1.97. The standard InChI is InChI=1S/C11H24O3Si/c1-11(2,15(4,5)12)8-9-6-7-14-10(9)13-3/h9-10,12H,6-8H2,1-5H3/t9-,10?/m0/s1. The summed E-state index contributed by atoms with van der Waals surface area (Å²) in [5.41, 5.74) is 0. The van der Waals surface area contributed by atoms with Crippen LogP contribution < -0.4 is 0 Å². The summed E-state index contributed by atoms with van der Waals surface area (Å²) in [6, 6.07) is 0. The van der Waals surface area contributed by atoms with E-state index in [1.807, 2.05) is 13.1 Å². The van der Waals surface area contributed by atoms with Gasteiger partial charge >= 0.3 is 0 Å². The largest absolute Gasteiger partial charge is 0.432 e. The summed E-state index contributed by atoms with van der Waals surface area (Å²) in [7, 11) is -0.414. The van der Waals surface area contributed by atoms with Crippen LogP contribution in [0.15, 0.2) is 0 Å². The predicted octanol–water partition coefficient (Wildman–Crippen LogP) is 2.36. The summed E-state index contributed by atoms with van der Waals surface area (Å²) in [6.07, 6.45) is 1.97. The molecule has 90 valence electrons. The summed E-state index contributed by atoms with van der Waals surface area (Å²) < 4.78 is 10.8. The Balaban J connectivity index is 2.60. The van der Waals surface area contributed by atoms with Crippen LogP contribution in [0.1, 0.15) is 26.7 Å². The molecule has 0 aromatic heterocycles. The van der Waals surface area contributed by atoms with Gasteiger partial charge in [-0.05, 0) is 31.0 Å². The van der Waals surface area contributed by atoms with Gasteiger partial charge in [0.1, 0.15) is 0 Å². The van der Waals surface area contributed by atoms with Crippen molar-refractivity contribution in [3.05, 3.63) is 0 Å². The molecule has 0 amide bonds. The average Bonchev–Trinajstić information content (AvgIpc) is 2.48. The molecule has 0 radical (unpaired) electrons. The number of hydrogen-bond acceptors (Lipinski definition) is 3. The Morgan fingerprint density at radius 2 is 2.07 bits per heavy atom. The highest BCUT2D eigenvalue weighted by Crippen LogP contribution is 2.44. The first-order chi connectivity index (χ1) is 6.78. The molecule has 1 rings (SSSR count). The molecule has 1 heterocycles. The number of hydrogen-bond donors (Lipinski definition) is 1. The molecule has 0 aromatic rings. The normalized spacial score (nSPS) is 28.4. The van der Waals surface area contributed by atoms with E-state index in [-0.39, 0.29) is 11.3 Å². The molecule has 1 saturated heterocycles. The summed E-state index contributed by atoms with van der Waals surface area (Å²) in [5, 5.41) is 0.0160. The molecule has 1 aliphatic rings. The third-order valence-corrected chi connectivity index (χ3v) is 7.33. The molecule has 0 aliphatic carbocycles. The molecule has 1 unspecified atom stereocenters. The van der Waals surface area contributed by atoms with Crippen molar-refractivity contribution in [3.8, 4) is 0 Å². The van der Waals surface area contributed by atoms with Crippen LogP contribution in [0.4, 0.5) is 0 Å².